The van der Waals surface area contributed by atoms with Crippen molar-refractivity contribution in [3.8, 4) is 0 Å². The van der Waals surface area contributed by atoms with Gasteiger partial charge in [0.15, 0.2) is 0 Å². The highest BCUT2D eigenvalue weighted by Crippen LogP contribution is 2.28. The van der Waals surface area contributed by atoms with Crippen molar-refractivity contribution in [1.29, 1.82) is 0 Å². The quantitative estimate of drug-likeness (QED) is 0.702. The number of H-pyrrole nitrogens is 1. The van der Waals surface area contributed by atoms with Crippen molar-refractivity contribution in [2.24, 2.45) is 0 Å². The lowest BCUT2D eigenvalue weighted by atomic mass is 10.00. The van der Waals surface area contributed by atoms with Crippen LogP contribution in [0.5, 0.6) is 0 Å². The lowest BCUT2D eigenvalue weighted by Crippen LogP contribution is -2.32. The van der Waals surface area contributed by atoms with Crippen molar-refractivity contribution in [1.82, 2.24) is 10.3 Å². The maximum absolute atomic E-state index is 6.02. The van der Waals surface area contributed by atoms with Crippen molar-refractivity contribution in [2.45, 2.75) is 25.9 Å². The Morgan fingerprint density at radius 3 is 3.13 bits per heavy atom. The maximum Gasteiger partial charge on any atom is 0.0460 e. The van der Waals surface area contributed by atoms with Gasteiger partial charge in [-0.2, -0.15) is 0 Å². The van der Waals surface area contributed by atoms with Crippen molar-refractivity contribution in [2.75, 3.05) is 0 Å². The fraction of sp³-hybridized carbons (Fsp3) is 0.333. The summed E-state index contributed by atoms with van der Waals surface area (Å²) in [7, 11) is 0. The number of hydrogen-bond acceptors (Lipinski definition) is 1. The van der Waals surface area contributed by atoms with E-state index in [0.717, 1.165) is 18.0 Å². The van der Waals surface area contributed by atoms with Gasteiger partial charge in [0.2, 0.25) is 0 Å². The molecule has 2 heterocycles. The van der Waals surface area contributed by atoms with Crippen LogP contribution in [0, 0.1) is 0 Å². The highest BCUT2D eigenvalue weighted by Gasteiger charge is 2.18. The summed E-state index contributed by atoms with van der Waals surface area (Å²) in [5.74, 6) is 0. The molecule has 0 saturated carbocycles. The first-order valence-electron chi connectivity index (χ1n) is 5.26. The molecule has 1 aromatic heterocycles. The first-order chi connectivity index (χ1) is 7.24. The molecule has 0 radical (unpaired) electrons. The Labute approximate surface area is 93.6 Å². The highest BCUT2D eigenvalue weighted by atomic mass is 35.5. The Hall–Kier alpha value is -0.990. The molecule has 15 heavy (non-hydrogen) atoms. The molecule has 0 fully saturated rings. The summed E-state index contributed by atoms with van der Waals surface area (Å²) in [5, 5.41) is 5.55. The SMILES string of the molecule is CC1Cc2c([nH]c3ccc(Cl)cc23)CN1. The zero-order valence-corrected chi connectivity index (χ0v) is 9.36. The zero-order valence-electron chi connectivity index (χ0n) is 8.60. The molecule has 0 bridgehead atoms. The number of benzene rings is 1. The molecule has 0 spiro atoms. The molecule has 0 saturated heterocycles. The second-order valence-electron chi connectivity index (χ2n) is 4.26. The topological polar surface area (TPSA) is 27.8 Å². The van der Waals surface area contributed by atoms with Gasteiger partial charge in [-0.3, -0.25) is 0 Å². The van der Waals surface area contributed by atoms with Crippen LogP contribution in [0.1, 0.15) is 18.2 Å². The number of hydrogen-bond donors (Lipinski definition) is 2. The number of halogens is 1. The third-order valence-corrected chi connectivity index (χ3v) is 3.33. The van der Waals surface area contributed by atoms with Crippen LogP contribution in [0.4, 0.5) is 0 Å². The molecule has 0 amide bonds. The second kappa shape index (κ2) is 3.26. The van der Waals surface area contributed by atoms with Crippen LogP contribution in [0.15, 0.2) is 18.2 Å². The van der Waals surface area contributed by atoms with Crippen LogP contribution in [0.2, 0.25) is 5.02 Å². The predicted molar refractivity (Wildman–Crippen MR) is 63.3 cm³/mol. The Morgan fingerprint density at radius 1 is 1.40 bits per heavy atom. The lowest BCUT2D eigenvalue weighted by molar-refractivity contribution is 0.511. The molecule has 2 N–H and O–H groups in total. The van der Waals surface area contributed by atoms with E-state index in [-0.39, 0.29) is 0 Å². The highest BCUT2D eigenvalue weighted by molar-refractivity contribution is 6.31. The Kier molecular flexibility index (Phi) is 2.01. The number of nitrogens with one attached hydrogen (secondary N) is 2. The molecular weight excluding hydrogens is 208 g/mol. The molecule has 2 aromatic rings. The van der Waals surface area contributed by atoms with Crippen LogP contribution in [-0.2, 0) is 13.0 Å². The molecule has 1 aliphatic heterocycles. The Balaban J connectivity index is 2.25. The monoisotopic (exact) mass is 220 g/mol. The third-order valence-electron chi connectivity index (χ3n) is 3.09. The normalized spacial score (nSPS) is 20.5. The van der Waals surface area contributed by atoms with E-state index in [9.17, 15) is 0 Å². The van der Waals surface area contributed by atoms with Crippen LogP contribution in [0.3, 0.4) is 0 Å². The summed E-state index contributed by atoms with van der Waals surface area (Å²) in [6.07, 6.45) is 1.08. The van der Waals surface area contributed by atoms with E-state index in [0.29, 0.717) is 6.04 Å². The molecule has 2 nitrogen and oxygen atoms in total. The molecule has 1 aromatic carbocycles. The molecule has 1 aliphatic rings. The van der Waals surface area contributed by atoms with Gasteiger partial charge in [0.25, 0.3) is 0 Å². The second-order valence-corrected chi connectivity index (χ2v) is 4.69. The van der Waals surface area contributed by atoms with Crippen LogP contribution < -0.4 is 5.32 Å². The van der Waals surface area contributed by atoms with Crippen molar-refractivity contribution in [3.63, 3.8) is 0 Å². The Bertz CT molecular complexity index is 516. The minimum atomic E-state index is 0.551. The molecule has 0 aliphatic carbocycles. The molecular formula is C12H13ClN2. The van der Waals surface area contributed by atoms with Crippen LogP contribution in [0.25, 0.3) is 10.9 Å². The summed E-state index contributed by atoms with van der Waals surface area (Å²) < 4.78 is 0. The minimum Gasteiger partial charge on any atom is -0.357 e. The summed E-state index contributed by atoms with van der Waals surface area (Å²) in [5.41, 5.74) is 3.93. The number of aromatic nitrogens is 1. The fourth-order valence-electron chi connectivity index (χ4n) is 2.31. The van der Waals surface area contributed by atoms with Gasteiger partial charge in [-0.15, -0.1) is 0 Å². The lowest BCUT2D eigenvalue weighted by Gasteiger charge is -2.20. The van der Waals surface area contributed by atoms with E-state index in [1.807, 2.05) is 6.07 Å². The van der Waals surface area contributed by atoms with Crippen molar-refractivity contribution < 1.29 is 0 Å². The first kappa shape index (κ1) is 9.25. The van der Waals surface area contributed by atoms with Crippen molar-refractivity contribution in [3.05, 3.63) is 34.5 Å². The smallest absolute Gasteiger partial charge is 0.0460 e. The summed E-state index contributed by atoms with van der Waals surface area (Å²) in [6.45, 7) is 3.15. The fourth-order valence-corrected chi connectivity index (χ4v) is 2.49. The average Bonchev–Trinajstić information content (AvgIpc) is 2.56. The minimum absolute atomic E-state index is 0.551. The van der Waals surface area contributed by atoms with E-state index in [1.165, 1.54) is 22.2 Å². The first-order valence-corrected chi connectivity index (χ1v) is 5.64. The van der Waals surface area contributed by atoms with Crippen molar-refractivity contribution >= 4 is 22.5 Å². The number of aromatic amines is 1. The number of fused-ring (bicyclic) bond motifs is 3. The van der Waals surface area contributed by atoms with Crippen LogP contribution in [-0.4, -0.2) is 11.0 Å². The van der Waals surface area contributed by atoms with Crippen LogP contribution >= 0.6 is 11.6 Å². The van der Waals surface area contributed by atoms with E-state index < -0.39 is 0 Å². The maximum atomic E-state index is 6.02. The molecule has 1 atom stereocenters. The Morgan fingerprint density at radius 2 is 2.27 bits per heavy atom. The predicted octanol–water partition coefficient (Wildman–Crippen LogP) is 2.86. The van der Waals surface area contributed by atoms with E-state index in [1.54, 1.807) is 0 Å². The largest absolute Gasteiger partial charge is 0.357 e. The van der Waals surface area contributed by atoms with Gasteiger partial charge in [-0.25, -0.2) is 0 Å². The standard InChI is InChI=1S/C12H13ClN2/c1-7-4-9-10-5-8(13)2-3-11(10)15-12(9)6-14-7/h2-3,5,7,14-15H,4,6H2,1H3. The van der Waals surface area contributed by atoms with Gasteiger partial charge in [-0.05, 0) is 37.1 Å². The summed E-state index contributed by atoms with van der Waals surface area (Å²) in [6, 6.07) is 6.60. The molecule has 78 valence electrons. The van der Waals surface area contributed by atoms with Gasteiger partial charge in [0, 0.05) is 34.2 Å². The van der Waals surface area contributed by atoms with Gasteiger partial charge in [0.05, 0.1) is 0 Å². The van der Waals surface area contributed by atoms with Gasteiger partial charge in [0.1, 0.15) is 0 Å². The molecule has 1 unspecified atom stereocenters. The zero-order chi connectivity index (χ0) is 10.4. The average molecular weight is 221 g/mol. The molecule has 3 rings (SSSR count). The van der Waals surface area contributed by atoms with E-state index in [4.69, 9.17) is 11.6 Å². The molecule has 3 heteroatoms. The summed E-state index contributed by atoms with van der Waals surface area (Å²) in [4.78, 5) is 3.44. The summed E-state index contributed by atoms with van der Waals surface area (Å²) >= 11 is 6.02. The van der Waals surface area contributed by atoms with Gasteiger partial charge in [-0.1, -0.05) is 11.6 Å². The third kappa shape index (κ3) is 1.45. The van der Waals surface area contributed by atoms with Gasteiger partial charge >= 0.3 is 0 Å². The van der Waals surface area contributed by atoms with E-state index in [2.05, 4.69) is 29.4 Å². The van der Waals surface area contributed by atoms with Gasteiger partial charge < -0.3 is 10.3 Å². The van der Waals surface area contributed by atoms with E-state index >= 15 is 0 Å². The number of rotatable bonds is 0.